The molecule has 0 bridgehead atoms. The van der Waals surface area contributed by atoms with E-state index in [0.29, 0.717) is 6.54 Å². The van der Waals surface area contributed by atoms with Gasteiger partial charge in [-0.25, -0.2) is 9.97 Å². The molecule has 0 spiro atoms. The van der Waals surface area contributed by atoms with Crippen LogP contribution in [0.25, 0.3) is 0 Å². The third-order valence-electron chi connectivity index (χ3n) is 6.27. The maximum Gasteiger partial charge on any atom is 0.391 e. The van der Waals surface area contributed by atoms with Crippen molar-refractivity contribution in [3.05, 3.63) is 36.5 Å². The van der Waals surface area contributed by atoms with E-state index < -0.39 is 18.0 Å². The molecule has 11 heteroatoms. The van der Waals surface area contributed by atoms with Crippen molar-refractivity contribution in [2.24, 2.45) is 11.8 Å². The van der Waals surface area contributed by atoms with Crippen LogP contribution < -0.4 is 10.1 Å². The van der Waals surface area contributed by atoms with Crippen molar-refractivity contribution in [2.45, 2.75) is 50.7 Å². The highest BCUT2D eigenvalue weighted by molar-refractivity contribution is 6.03. The van der Waals surface area contributed by atoms with Crippen molar-refractivity contribution in [3.63, 3.8) is 0 Å². The fourth-order valence-corrected chi connectivity index (χ4v) is 4.51. The first kappa shape index (κ1) is 23.1. The number of hydrogen-bond acceptors (Lipinski definition) is 6. The molecule has 8 nitrogen and oxygen atoms in total. The molecule has 1 saturated heterocycles. The van der Waals surface area contributed by atoms with Gasteiger partial charge >= 0.3 is 12.2 Å². The maximum atomic E-state index is 13.0. The fraction of sp³-hybridized carbons (Fsp3) is 0.545. The molecule has 1 aliphatic carbocycles. The number of rotatable bonds is 6. The summed E-state index contributed by atoms with van der Waals surface area (Å²) in [7, 11) is 0. The molecule has 2 amide bonds. The number of aromatic nitrogens is 2. The number of oxazole rings is 1. The first-order valence-electron chi connectivity index (χ1n) is 11.0. The van der Waals surface area contributed by atoms with Crippen molar-refractivity contribution < 1.29 is 31.9 Å². The van der Waals surface area contributed by atoms with Gasteiger partial charge in [0.1, 0.15) is 12.9 Å². The average Bonchev–Trinajstić information content (AvgIpc) is 3.49. The van der Waals surface area contributed by atoms with E-state index in [9.17, 15) is 22.8 Å². The predicted molar refractivity (Wildman–Crippen MR) is 110 cm³/mol. The second kappa shape index (κ2) is 9.80. The van der Waals surface area contributed by atoms with E-state index in [1.165, 1.54) is 18.7 Å². The summed E-state index contributed by atoms with van der Waals surface area (Å²) in [6.07, 6.45) is 1.99. The van der Waals surface area contributed by atoms with Crippen LogP contribution in [-0.4, -0.2) is 52.1 Å². The van der Waals surface area contributed by atoms with E-state index in [4.69, 9.17) is 9.15 Å². The number of nitrogens with one attached hydrogen (secondary N) is 1. The van der Waals surface area contributed by atoms with Crippen LogP contribution in [0.5, 0.6) is 5.75 Å². The van der Waals surface area contributed by atoms with E-state index in [1.807, 2.05) is 0 Å². The molecule has 1 aliphatic heterocycles. The molecule has 1 N–H and O–H groups in total. The van der Waals surface area contributed by atoms with E-state index in [0.717, 1.165) is 12.8 Å². The Kier molecular flexibility index (Phi) is 6.85. The number of halogens is 3. The zero-order chi connectivity index (χ0) is 23.4. The van der Waals surface area contributed by atoms with E-state index in [2.05, 4.69) is 15.3 Å². The Labute approximate surface area is 188 Å². The summed E-state index contributed by atoms with van der Waals surface area (Å²) < 4.78 is 49.7. The van der Waals surface area contributed by atoms with Crippen molar-refractivity contribution in [1.29, 1.82) is 0 Å². The largest absolute Gasteiger partial charge is 0.489 e. The molecule has 1 saturated carbocycles. The molecule has 1 atom stereocenters. The van der Waals surface area contributed by atoms with E-state index >= 15 is 0 Å². The number of likely N-dealkylation sites (tertiary alicyclic amines) is 1. The first-order valence-corrected chi connectivity index (χ1v) is 11.0. The quantitative estimate of drug-likeness (QED) is 0.690. The van der Waals surface area contributed by atoms with Gasteiger partial charge in [0.05, 0.1) is 18.2 Å². The number of ether oxygens (including phenoxy) is 1. The van der Waals surface area contributed by atoms with Gasteiger partial charge in [0.25, 0.3) is 5.91 Å². The second-order valence-electron chi connectivity index (χ2n) is 8.37. The van der Waals surface area contributed by atoms with Gasteiger partial charge in [-0.15, -0.1) is 0 Å². The van der Waals surface area contributed by atoms with Gasteiger partial charge in [0.2, 0.25) is 5.91 Å². The van der Waals surface area contributed by atoms with Crippen molar-refractivity contribution in [2.75, 3.05) is 18.5 Å². The minimum Gasteiger partial charge on any atom is -0.489 e. The highest BCUT2D eigenvalue weighted by Crippen LogP contribution is 2.40. The lowest BCUT2D eigenvalue weighted by atomic mass is 9.81. The Hall–Kier alpha value is -3.11. The van der Waals surface area contributed by atoms with Crippen LogP contribution in [-0.2, 0) is 4.79 Å². The number of nitrogens with zero attached hydrogens (tertiary/aromatic N) is 3. The van der Waals surface area contributed by atoms with Crippen LogP contribution in [0.3, 0.4) is 0 Å². The SMILES string of the molecule is O=C(Nc1ncco1)c1ncccc1OCC1CCCN1C(=O)C1CCC(C(F)(F)F)CC1. The molecule has 2 fully saturated rings. The predicted octanol–water partition coefficient (Wildman–Crippen LogP) is 4.06. The summed E-state index contributed by atoms with van der Waals surface area (Å²) in [4.78, 5) is 35.2. The van der Waals surface area contributed by atoms with E-state index in [1.54, 1.807) is 17.0 Å². The van der Waals surface area contributed by atoms with Gasteiger partial charge in [-0.2, -0.15) is 13.2 Å². The number of carbonyl (C=O) groups is 2. The molecule has 3 heterocycles. The summed E-state index contributed by atoms with van der Waals surface area (Å²) in [5.41, 5.74) is 0.0528. The third-order valence-corrected chi connectivity index (χ3v) is 6.27. The molecule has 33 heavy (non-hydrogen) atoms. The van der Waals surface area contributed by atoms with Crippen LogP contribution >= 0.6 is 0 Å². The molecule has 4 rings (SSSR count). The summed E-state index contributed by atoms with van der Waals surface area (Å²) in [5.74, 6) is -2.09. The van der Waals surface area contributed by atoms with Crippen LogP contribution in [0, 0.1) is 11.8 Å². The Morgan fingerprint density at radius 1 is 1.15 bits per heavy atom. The van der Waals surface area contributed by atoms with Crippen LogP contribution in [0.2, 0.25) is 0 Å². The lowest BCUT2D eigenvalue weighted by molar-refractivity contribution is -0.185. The highest BCUT2D eigenvalue weighted by Gasteiger charge is 2.44. The smallest absolute Gasteiger partial charge is 0.391 e. The number of alkyl halides is 3. The zero-order valence-electron chi connectivity index (χ0n) is 17.9. The van der Waals surface area contributed by atoms with Gasteiger partial charge < -0.3 is 14.1 Å². The minimum absolute atomic E-state index is 0.00635. The molecule has 0 radical (unpaired) electrons. The molecule has 178 valence electrons. The normalized spacial score (nSPS) is 23.4. The number of anilines is 1. The Bertz CT molecular complexity index is 959. The first-order chi connectivity index (χ1) is 15.8. The van der Waals surface area contributed by atoms with E-state index in [-0.39, 0.29) is 67.6 Å². The number of amides is 2. The zero-order valence-corrected chi connectivity index (χ0v) is 17.9. The molecule has 0 aromatic carbocycles. The molecule has 1 unspecified atom stereocenters. The maximum absolute atomic E-state index is 13.0. The number of pyridine rings is 1. The van der Waals surface area contributed by atoms with Gasteiger partial charge in [0, 0.05) is 18.7 Å². The van der Waals surface area contributed by atoms with Gasteiger partial charge in [-0.05, 0) is 50.7 Å². The summed E-state index contributed by atoms with van der Waals surface area (Å²) in [6, 6.07) is 3.07. The Balaban J connectivity index is 1.35. The Morgan fingerprint density at radius 2 is 1.94 bits per heavy atom. The van der Waals surface area contributed by atoms with Gasteiger partial charge in [0.15, 0.2) is 11.4 Å². The second-order valence-corrected chi connectivity index (χ2v) is 8.37. The van der Waals surface area contributed by atoms with Gasteiger partial charge in [-0.3, -0.25) is 14.9 Å². The van der Waals surface area contributed by atoms with Crippen molar-refractivity contribution in [3.8, 4) is 5.75 Å². The Morgan fingerprint density at radius 3 is 2.64 bits per heavy atom. The fourth-order valence-electron chi connectivity index (χ4n) is 4.51. The van der Waals surface area contributed by atoms with Crippen molar-refractivity contribution in [1.82, 2.24) is 14.9 Å². The van der Waals surface area contributed by atoms with Crippen LogP contribution in [0.15, 0.2) is 35.2 Å². The average molecular weight is 466 g/mol. The highest BCUT2D eigenvalue weighted by atomic mass is 19.4. The molecule has 2 aromatic heterocycles. The number of hydrogen-bond donors (Lipinski definition) is 1. The van der Waals surface area contributed by atoms with Crippen LogP contribution in [0.1, 0.15) is 49.0 Å². The van der Waals surface area contributed by atoms with Gasteiger partial charge in [-0.1, -0.05) is 0 Å². The summed E-state index contributed by atoms with van der Waals surface area (Å²) >= 11 is 0. The minimum atomic E-state index is -4.20. The molecule has 2 aliphatic rings. The summed E-state index contributed by atoms with van der Waals surface area (Å²) in [5, 5.41) is 2.49. The molecular formula is C22H25F3N4O4. The lowest BCUT2D eigenvalue weighted by Crippen LogP contribution is -2.44. The summed E-state index contributed by atoms with van der Waals surface area (Å²) in [6.45, 7) is 0.714. The monoisotopic (exact) mass is 466 g/mol. The number of carbonyl (C=O) groups excluding carboxylic acids is 2. The standard InChI is InChI=1S/C22H25F3N4O4/c23-22(24,25)15-7-5-14(6-8-15)20(31)29-11-2-3-16(29)13-33-17-4-1-9-26-18(17)19(30)28-21-27-10-12-32-21/h1,4,9-10,12,14-16H,2-3,5-8,11,13H2,(H,27,28,30). The molecule has 2 aromatic rings. The lowest BCUT2D eigenvalue weighted by Gasteiger charge is -2.33. The van der Waals surface area contributed by atoms with Crippen LogP contribution in [0.4, 0.5) is 19.2 Å². The van der Waals surface area contributed by atoms with Crippen molar-refractivity contribution >= 4 is 17.8 Å². The molecular weight excluding hydrogens is 441 g/mol. The third kappa shape index (κ3) is 5.45. The topological polar surface area (TPSA) is 97.6 Å².